The number of thioether (sulfide) groups is 2. The Morgan fingerprint density at radius 1 is 1.26 bits per heavy atom. The molecule has 0 bridgehead atoms. The third-order valence-corrected chi connectivity index (χ3v) is 10.3. The first-order chi connectivity index (χ1) is 19.8. The number of rotatable bonds is 12. The van der Waals surface area contributed by atoms with Crippen molar-refractivity contribution >= 4 is 87.2 Å². The monoisotopic (exact) mass is 659 g/mol. The van der Waals surface area contributed by atoms with Gasteiger partial charge in [0.1, 0.15) is 17.1 Å². The van der Waals surface area contributed by atoms with Crippen LogP contribution in [0.2, 0.25) is 0 Å². The zero-order valence-electron chi connectivity index (χ0n) is 21.5. The second-order valence-electron chi connectivity index (χ2n) is 8.78. The van der Waals surface area contributed by atoms with E-state index in [4.69, 9.17) is 10.6 Å². The van der Waals surface area contributed by atoms with Gasteiger partial charge >= 0.3 is 17.9 Å². The van der Waals surface area contributed by atoms with Crippen LogP contribution in [0.15, 0.2) is 25.4 Å². The van der Waals surface area contributed by atoms with Gasteiger partial charge in [-0.15, -0.1) is 23.5 Å². The molecule has 2 aromatic heterocycles. The van der Waals surface area contributed by atoms with Gasteiger partial charge in [-0.25, -0.2) is 14.4 Å². The van der Waals surface area contributed by atoms with Gasteiger partial charge in [-0.05, 0) is 18.9 Å². The molecule has 0 aliphatic carbocycles. The summed E-state index contributed by atoms with van der Waals surface area (Å²) in [6, 6.07) is -1.18. The second kappa shape index (κ2) is 12.1. The molecule has 2 unspecified atom stereocenters. The van der Waals surface area contributed by atoms with Crippen molar-refractivity contribution in [3.63, 3.8) is 0 Å². The van der Waals surface area contributed by atoms with Crippen molar-refractivity contribution in [3.8, 4) is 0 Å². The van der Waals surface area contributed by atoms with Crippen LogP contribution in [0.3, 0.4) is 0 Å². The number of β-lactam (4-membered cyclic amide) rings is 1. The summed E-state index contributed by atoms with van der Waals surface area (Å²) < 4.78 is 6.39. The maximum absolute atomic E-state index is 13.2. The highest BCUT2D eigenvalue weighted by molar-refractivity contribution is 8.02. The maximum Gasteiger partial charge on any atom is 0.352 e. The summed E-state index contributed by atoms with van der Waals surface area (Å²) in [6.07, 6.45) is -0.00647. The number of hydrogen-bond donors (Lipinski definition) is 6. The van der Waals surface area contributed by atoms with E-state index in [1.165, 1.54) is 13.8 Å². The largest absolute Gasteiger partial charge is 0.478 e. The average Bonchev–Trinajstić information content (AvgIpc) is 3.54. The number of anilines is 1. The Labute approximate surface area is 251 Å². The molecule has 17 nitrogen and oxygen atoms in total. The molecular formula is C21H21N7O10S4. The fourth-order valence-corrected chi connectivity index (χ4v) is 7.53. The van der Waals surface area contributed by atoms with Crippen LogP contribution in [0.1, 0.15) is 36.5 Å². The standard InChI is InChI=1S/C21H21N7O10S4/c1-3-21(2,19(36)37)38-25-8(11-24-20(22)42-26-11)13(30)23-9-14(31)28-10(17(34)35)6(4-39-15(9)28)5-40-18-7(16(32)33)12(29)27-41-18/h9,15H,3-5H2,1-2H3,(H,23,30)(H,27,29)(H,32,33)(H,34,35)(H,36,37)(H2,22,24,26)/t9?,15-,21?/m1/s1. The van der Waals surface area contributed by atoms with Crippen LogP contribution >= 0.6 is 46.6 Å². The number of aliphatic carboxylic acids is 2. The smallest absolute Gasteiger partial charge is 0.352 e. The number of aromatic nitrogens is 3. The summed E-state index contributed by atoms with van der Waals surface area (Å²) in [7, 11) is 0. The number of amides is 2. The number of nitrogens with two attached hydrogens (primary N) is 1. The van der Waals surface area contributed by atoms with E-state index in [-0.39, 0.29) is 38.8 Å². The minimum atomic E-state index is -1.79. The highest BCUT2D eigenvalue weighted by Crippen LogP contribution is 2.42. The van der Waals surface area contributed by atoms with E-state index in [1.807, 2.05) is 0 Å². The number of carbonyl (C=O) groups excluding carboxylic acids is 2. The predicted molar refractivity (Wildman–Crippen MR) is 151 cm³/mol. The Morgan fingerprint density at radius 3 is 2.55 bits per heavy atom. The number of hydrogen-bond acceptors (Lipinski definition) is 15. The molecule has 2 amide bonds. The van der Waals surface area contributed by atoms with Crippen molar-refractivity contribution in [3.05, 3.63) is 33.0 Å². The Balaban J connectivity index is 1.54. The number of nitrogen functional groups attached to an aromatic ring is 1. The molecule has 4 heterocycles. The number of aromatic carboxylic acids is 1. The molecule has 0 saturated carbocycles. The van der Waals surface area contributed by atoms with E-state index in [0.717, 1.165) is 51.5 Å². The van der Waals surface area contributed by atoms with Gasteiger partial charge < -0.3 is 31.2 Å². The summed E-state index contributed by atoms with van der Waals surface area (Å²) >= 11 is 3.66. The summed E-state index contributed by atoms with van der Waals surface area (Å²) in [5.74, 6) is -6.05. The zero-order valence-corrected chi connectivity index (χ0v) is 24.7. The van der Waals surface area contributed by atoms with Crippen molar-refractivity contribution in [2.45, 2.75) is 41.5 Å². The van der Waals surface area contributed by atoms with Gasteiger partial charge in [0.2, 0.25) is 17.1 Å². The number of nitrogens with zero attached hydrogens (tertiary/aromatic N) is 4. The van der Waals surface area contributed by atoms with Gasteiger partial charge in [0.05, 0.1) is 4.21 Å². The fourth-order valence-electron chi connectivity index (χ4n) is 3.65. The van der Waals surface area contributed by atoms with Crippen LogP contribution in [0.25, 0.3) is 0 Å². The van der Waals surface area contributed by atoms with E-state index in [0.29, 0.717) is 5.57 Å². The lowest BCUT2D eigenvalue weighted by atomic mass is 10.0. The normalized spacial score (nSPS) is 19.9. The van der Waals surface area contributed by atoms with E-state index >= 15 is 0 Å². The third-order valence-electron chi connectivity index (χ3n) is 6.13. The Morgan fingerprint density at radius 2 is 1.98 bits per heavy atom. The molecule has 0 aromatic carbocycles. The molecule has 7 N–H and O–H groups in total. The molecule has 21 heteroatoms. The van der Waals surface area contributed by atoms with E-state index in [1.54, 1.807) is 0 Å². The van der Waals surface area contributed by atoms with Gasteiger partial charge in [0.15, 0.2) is 10.7 Å². The number of H-pyrrole nitrogens is 1. The number of carbonyl (C=O) groups is 5. The van der Waals surface area contributed by atoms with Crippen molar-refractivity contribution in [1.82, 2.24) is 23.9 Å². The van der Waals surface area contributed by atoms with Crippen LogP contribution in [0, 0.1) is 0 Å². The van der Waals surface area contributed by atoms with E-state index < -0.39 is 63.6 Å². The number of oxime groups is 1. The molecule has 1 fully saturated rings. The molecule has 1 saturated heterocycles. The molecule has 2 aliphatic heterocycles. The Hall–Kier alpha value is -3.95. The topological polar surface area (TPSA) is 268 Å². The quantitative estimate of drug-likeness (QED) is 0.0762. The predicted octanol–water partition coefficient (Wildman–Crippen LogP) is 0.0732. The molecule has 2 aromatic rings. The molecule has 0 spiro atoms. The second-order valence-corrected chi connectivity index (χ2v) is 12.7. The Bertz CT molecular complexity index is 1600. The first-order valence-corrected chi connectivity index (χ1v) is 15.3. The fraction of sp³-hybridized carbons (Fsp3) is 0.381. The van der Waals surface area contributed by atoms with Gasteiger partial charge in [0, 0.05) is 23.0 Å². The number of fused-ring (bicyclic) bond motifs is 1. The van der Waals surface area contributed by atoms with Crippen molar-refractivity contribution in [2.75, 3.05) is 17.2 Å². The summed E-state index contributed by atoms with van der Waals surface area (Å²) in [5, 5.41) is 34.0. The van der Waals surface area contributed by atoms with Gasteiger partial charge in [-0.3, -0.25) is 23.7 Å². The van der Waals surface area contributed by atoms with Gasteiger partial charge in [-0.1, -0.05) is 23.6 Å². The van der Waals surface area contributed by atoms with Crippen LogP contribution < -0.4 is 16.6 Å². The summed E-state index contributed by atoms with van der Waals surface area (Å²) in [6.45, 7) is 2.79. The SMILES string of the molecule is CCC(C)(ON=C(C(=O)NC1C(=O)N2C(C(=O)O)=C(CSc3s[nH]c(=O)c3C(=O)O)CS[C@H]12)c1nsc(N)n1)C(=O)O. The number of nitrogens with one attached hydrogen (secondary N) is 2. The van der Waals surface area contributed by atoms with Crippen LogP contribution in [-0.4, -0.2) is 97.9 Å². The number of aromatic amines is 1. The van der Waals surface area contributed by atoms with Gasteiger partial charge in [0.25, 0.3) is 17.4 Å². The van der Waals surface area contributed by atoms with Crippen molar-refractivity contribution < 1.29 is 44.1 Å². The molecule has 3 atom stereocenters. The summed E-state index contributed by atoms with van der Waals surface area (Å²) in [4.78, 5) is 83.3. The zero-order chi connectivity index (χ0) is 30.9. The van der Waals surface area contributed by atoms with Crippen molar-refractivity contribution in [1.29, 1.82) is 0 Å². The van der Waals surface area contributed by atoms with Crippen molar-refractivity contribution in [2.24, 2.45) is 5.16 Å². The highest BCUT2D eigenvalue weighted by atomic mass is 32.2. The summed E-state index contributed by atoms with van der Waals surface area (Å²) in [5.41, 5.74) is 2.06. The highest BCUT2D eigenvalue weighted by Gasteiger charge is 2.54. The van der Waals surface area contributed by atoms with E-state index in [9.17, 15) is 44.1 Å². The lowest BCUT2D eigenvalue weighted by Gasteiger charge is -2.49. The third kappa shape index (κ3) is 5.84. The molecule has 0 radical (unpaired) electrons. The number of carboxylic acids is 3. The van der Waals surface area contributed by atoms with Crippen LogP contribution in [0.4, 0.5) is 5.13 Å². The number of carboxylic acid groups (broad SMARTS) is 3. The van der Waals surface area contributed by atoms with Gasteiger partial charge in [-0.2, -0.15) is 9.36 Å². The van der Waals surface area contributed by atoms with Crippen LogP contribution in [-0.2, 0) is 24.0 Å². The minimum Gasteiger partial charge on any atom is -0.478 e. The first kappa shape index (κ1) is 31.0. The van der Waals surface area contributed by atoms with Crippen LogP contribution in [0.5, 0.6) is 0 Å². The minimum absolute atomic E-state index is 0.00647. The molecule has 224 valence electrons. The molecule has 2 aliphatic rings. The molecule has 42 heavy (non-hydrogen) atoms. The lowest BCUT2D eigenvalue weighted by molar-refractivity contribution is -0.164. The lowest BCUT2D eigenvalue weighted by Crippen LogP contribution is -2.71. The molecule has 4 rings (SSSR count). The average molecular weight is 660 g/mol. The van der Waals surface area contributed by atoms with E-state index in [2.05, 4.69) is 24.2 Å². The molecular weight excluding hydrogens is 639 g/mol. The first-order valence-electron chi connectivity index (χ1n) is 11.7. The maximum atomic E-state index is 13.2. The Kier molecular flexibility index (Phi) is 8.94.